The van der Waals surface area contributed by atoms with Gasteiger partial charge in [-0.2, -0.15) is 0 Å². The van der Waals surface area contributed by atoms with E-state index >= 15 is 0 Å². The number of amides is 2. The molecule has 0 aliphatic carbocycles. The second-order valence-electron chi connectivity index (χ2n) is 7.88. The molecule has 1 heterocycles. The molecule has 1 unspecified atom stereocenters. The zero-order valence-corrected chi connectivity index (χ0v) is 20.4. The first-order valence-corrected chi connectivity index (χ1v) is 11.0. The SMILES string of the molecule is CCOC(=O)N1c2cc(C)c(C)cc2N(C(=O)c2c(OC)cc(OC)cc2OC)CC1CC. The van der Waals surface area contributed by atoms with Crippen LogP contribution in [-0.2, 0) is 4.74 Å². The number of carbonyl (C=O) groups is 2. The van der Waals surface area contributed by atoms with Gasteiger partial charge in [0.15, 0.2) is 0 Å². The van der Waals surface area contributed by atoms with Gasteiger partial charge < -0.3 is 23.8 Å². The number of carbonyl (C=O) groups excluding carboxylic acids is 2. The molecule has 8 nitrogen and oxygen atoms in total. The van der Waals surface area contributed by atoms with Gasteiger partial charge in [-0.15, -0.1) is 0 Å². The second kappa shape index (κ2) is 10.0. The van der Waals surface area contributed by atoms with Crippen molar-refractivity contribution in [3.05, 3.63) is 41.0 Å². The molecule has 0 saturated carbocycles. The number of benzene rings is 2. The Labute approximate surface area is 195 Å². The molecular weight excluding hydrogens is 424 g/mol. The summed E-state index contributed by atoms with van der Waals surface area (Å²) < 4.78 is 21.7. The lowest BCUT2D eigenvalue weighted by molar-refractivity contribution is 0.0975. The molecule has 0 spiro atoms. The first kappa shape index (κ1) is 24.2. The smallest absolute Gasteiger partial charge is 0.414 e. The molecule has 0 aromatic heterocycles. The number of ether oxygens (including phenoxy) is 4. The Morgan fingerprint density at radius 1 is 0.909 bits per heavy atom. The fraction of sp³-hybridized carbons (Fsp3) is 0.440. The zero-order valence-electron chi connectivity index (χ0n) is 20.4. The average molecular weight is 457 g/mol. The average Bonchev–Trinajstić information content (AvgIpc) is 2.82. The molecule has 178 valence electrons. The molecule has 1 aliphatic heterocycles. The topological polar surface area (TPSA) is 77.5 Å². The largest absolute Gasteiger partial charge is 0.496 e. The number of hydrogen-bond acceptors (Lipinski definition) is 6. The molecule has 33 heavy (non-hydrogen) atoms. The summed E-state index contributed by atoms with van der Waals surface area (Å²) in [5.74, 6) is 0.938. The predicted octanol–water partition coefficient (Wildman–Crippen LogP) is 4.73. The van der Waals surface area contributed by atoms with E-state index in [0.717, 1.165) is 11.1 Å². The highest BCUT2D eigenvalue weighted by atomic mass is 16.6. The quantitative estimate of drug-likeness (QED) is 0.625. The maximum Gasteiger partial charge on any atom is 0.414 e. The molecule has 1 atom stereocenters. The van der Waals surface area contributed by atoms with Crippen LogP contribution in [0, 0.1) is 13.8 Å². The van der Waals surface area contributed by atoms with E-state index in [0.29, 0.717) is 47.2 Å². The van der Waals surface area contributed by atoms with Gasteiger partial charge in [0, 0.05) is 18.7 Å². The Morgan fingerprint density at radius 2 is 1.48 bits per heavy atom. The van der Waals surface area contributed by atoms with Crippen LogP contribution in [-0.4, -0.2) is 52.5 Å². The molecule has 0 N–H and O–H groups in total. The molecule has 1 aliphatic rings. The molecule has 8 heteroatoms. The minimum absolute atomic E-state index is 0.252. The van der Waals surface area contributed by atoms with Crippen LogP contribution >= 0.6 is 0 Å². The van der Waals surface area contributed by atoms with Crippen molar-refractivity contribution in [3.8, 4) is 17.2 Å². The van der Waals surface area contributed by atoms with Gasteiger partial charge >= 0.3 is 6.09 Å². The van der Waals surface area contributed by atoms with Gasteiger partial charge in [0.2, 0.25) is 0 Å². The first-order chi connectivity index (χ1) is 15.8. The van der Waals surface area contributed by atoms with Gasteiger partial charge in [0.05, 0.1) is 45.4 Å². The van der Waals surface area contributed by atoms with E-state index in [1.54, 1.807) is 28.9 Å². The van der Waals surface area contributed by atoms with E-state index in [4.69, 9.17) is 18.9 Å². The Balaban J connectivity index is 2.20. The summed E-state index contributed by atoms with van der Waals surface area (Å²) in [6, 6.07) is 6.93. The molecule has 2 aromatic rings. The number of rotatable bonds is 6. The van der Waals surface area contributed by atoms with Gasteiger partial charge in [-0.3, -0.25) is 9.69 Å². The summed E-state index contributed by atoms with van der Waals surface area (Å²) in [6.07, 6.45) is 0.229. The highest BCUT2D eigenvalue weighted by molar-refractivity contribution is 6.13. The number of aryl methyl sites for hydroxylation is 2. The van der Waals surface area contributed by atoms with Crippen LogP contribution in [0.4, 0.5) is 16.2 Å². The van der Waals surface area contributed by atoms with Crippen LogP contribution in [0.5, 0.6) is 17.2 Å². The summed E-state index contributed by atoms with van der Waals surface area (Å²) in [4.78, 5) is 30.2. The monoisotopic (exact) mass is 456 g/mol. The number of anilines is 2. The van der Waals surface area contributed by atoms with E-state index in [2.05, 4.69) is 0 Å². The minimum Gasteiger partial charge on any atom is -0.496 e. The lowest BCUT2D eigenvalue weighted by Crippen LogP contribution is -2.53. The third-order valence-corrected chi connectivity index (χ3v) is 6.01. The molecule has 2 amide bonds. The molecule has 3 rings (SSSR count). The van der Waals surface area contributed by atoms with Crippen LogP contribution < -0.4 is 24.0 Å². The van der Waals surface area contributed by atoms with E-state index < -0.39 is 6.09 Å². The number of methoxy groups -OCH3 is 3. The maximum atomic E-state index is 14.0. The van der Waals surface area contributed by atoms with Crippen molar-refractivity contribution >= 4 is 23.4 Å². The molecule has 0 saturated heterocycles. The van der Waals surface area contributed by atoms with Crippen molar-refractivity contribution in [1.29, 1.82) is 0 Å². The van der Waals surface area contributed by atoms with E-state index in [-0.39, 0.29) is 18.6 Å². The van der Waals surface area contributed by atoms with Crippen LogP contribution in [0.25, 0.3) is 0 Å². The fourth-order valence-corrected chi connectivity index (χ4v) is 4.08. The summed E-state index contributed by atoms with van der Waals surface area (Å²) >= 11 is 0. The van der Waals surface area contributed by atoms with E-state index in [1.807, 2.05) is 32.9 Å². The van der Waals surface area contributed by atoms with Crippen LogP contribution in [0.1, 0.15) is 41.8 Å². The number of hydrogen-bond donors (Lipinski definition) is 0. The van der Waals surface area contributed by atoms with Crippen LogP contribution in [0.2, 0.25) is 0 Å². The Hall–Kier alpha value is -3.42. The van der Waals surface area contributed by atoms with Crippen molar-refractivity contribution < 1.29 is 28.5 Å². The van der Waals surface area contributed by atoms with Gasteiger partial charge in [0.25, 0.3) is 5.91 Å². The molecule has 0 fully saturated rings. The Kier molecular flexibility index (Phi) is 7.36. The fourth-order valence-electron chi connectivity index (χ4n) is 4.08. The van der Waals surface area contributed by atoms with Crippen molar-refractivity contribution in [2.75, 3.05) is 44.3 Å². The Bertz CT molecular complexity index is 1030. The standard InChI is InChI=1S/C25H32N2O6/c1-8-17-14-26(24(28)23-21(31-6)12-18(30-5)13-22(23)32-7)19-10-15(3)16(4)11-20(19)27(17)25(29)33-9-2/h10-13,17H,8-9,14H2,1-7H3. The van der Waals surface area contributed by atoms with E-state index in [9.17, 15) is 9.59 Å². The van der Waals surface area contributed by atoms with Crippen molar-refractivity contribution in [2.45, 2.75) is 40.2 Å². The third kappa shape index (κ3) is 4.42. The van der Waals surface area contributed by atoms with Gasteiger partial charge in [-0.1, -0.05) is 6.92 Å². The first-order valence-electron chi connectivity index (χ1n) is 11.0. The predicted molar refractivity (Wildman–Crippen MR) is 127 cm³/mol. The van der Waals surface area contributed by atoms with Crippen LogP contribution in [0.3, 0.4) is 0 Å². The van der Waals surface area contributed by atoms with Gasteiger partial charge in [-0.25, -0.2) is 4.79 Å². The van der Waals surface area contributed by atoms with Gasteiger partial charge in [-0.05, 0) is 50.5 Å². The van der Waals surface area contributed by atoms with Gasteiger partial charge in [0.1, 0.15) is 22.8 Å². The third-order valence-electron chi connectivity index (χ3n) is 6.01. The van der Waals surface area contributed by atoms with Crippen LogP contribution in [0.15, 0.2) is 24.3 Å². The summed E-state index contributed by atoms with van der Waals surface area (Å²) in [6.45, 7) is 8.31. The number of nitrogens with zero attached hydrogens (tertiary/aromatic N) is 2. The minimum atomic E-state index is -0.416. The van der Waals surface area contributed by atoms with Crippen molar-refractivity contribution in [2.24, 2.45) is 0 Å². The zero-order chi connectivity index (χ0) is 24.3. The Morgan fingerprint density at radius 3 is 1.97 bits per heavy atom. The maximum absolute atomic E-state index is 14.0. The number of fused-ring (bicyclic) bond motifs is 1. The highest BCUT2D eigenvalue weighted by Gasteiger charge is 2.39. The molecular formula is C25H32N2O6. The summed E-state index contributed by atoms with van der Waals surface area (Å²) in [5.41, 5.74) is 3.62. The second-order valence-corrected chi connectivity index (χ2v) is 7.88. The normalized spacial score (nSPS) is 15.1. The van der Waals surface area contributed by atoms with E-state index in [1.165, 1.54) is 21.3 Å². The lowest BCUT2D eigenvalue weighted by atomic mass is 9.99. The molecule has 0 bridgehead atoms. The summed E-state index contributed by atoms with van der Waals surface area (Å²) in [5, 5.41) is 0. The molecule has 0 radical (unpaired) electrons. The van der Waals surface area contributed by atoms with Crippen molar-refractivity contribution in [1.82, 2.24) is 0 Å². The summed E-state index contributed by atoms with van der Waals surface area (Å²) in [7, 11) is 4.54. The molecule has 2 aromatic carbocycles. The highest BCUT2D eigenvalue weighted by Crippen LogP contribution is 2.42. The lowest BCUT2D eigenvalue weighted by Gasteiger charge is -2.42. The van der Waals surface area contributed by atoms with Crippen molar-refractivity contribution in [3.63, 3.8) is 0 Å².